The van der Waals surface area contributed by atoms with Crippen molar-refractivity contribution in [3.8, 4) is 0 Å². The number of ketones is 1. The van der Waals surface area contributed by atoms with Crippen molar-refractivity contribution in [1.82, 2.24) is 0 Å². The molecule has 0 aliphatic heterocycles. The monoisotopic (exact) mass is 412 g/mol. The fraction of sp³-hybridized carbons (Fsp3) is 0.273. The number of aliphatic hydroxyl groups is 1. The second-order valence-corrected chi connectivity index (χ2v) is 5.57. The molecule has 0 saturated heterocycles. The number of Topliss-reactive ketones (excluding diaryl/α,β-unsaturated/α-hetero) is 1. The lowest BCUT2D eigenvalue weighted by molar-refractivity contribution is -0.147. The van der Waals surface area contributed by atoms with E-state index < -0.39 is 16.9 Å². The molecule has 0 aromatic heterocycles. The Morgan fingerprint density at radius 2 is 2.00 bits per heavy atom. The lowest BCUT2D eigenvalue weighted by Gasteiger charge is -2.12. The molecule has 4 nitrogen and oxygen atoms in total. The second-order valence-electron chi connectivity index (χ2n) is 3.49. The number of carboxylic acids is 1. The van der Waals surface area contributed by atoms with E-state index in [2.05, 4.69) is 15.9 Å². The second kappa shape index (κ2) is 5.92. The summed E-state index contributed by atoms with van der Waals surface area (Å²) in [4.78, 5) is 21.4. The van der Waals surface area contributed by atoms with E-state index in [4.69, 9.17) is 5.11 Å². The number of halogens is 2. The van der Waals surface area contributed by atoms with Crippen LogP contribution in [-0.4, -0.2) is 22.0 Å². The van der Waals surface area contributed by atoms with Gasteiger partial charge in [0.2, 0.25) is 0 Å². The number of alkyl halides is 1. The summed E-state index contributed by atoms with van der Waals surface area (Å²) in [5.74, 6) is -1.33. The van der Waals surface area contributed by atoms with E-state index in [9.17, 15) is 14.7 Å². The van der Waals surface area contributed by atoms with E-state index in [0.29, 0.717) is 5.56 Å². The third kappa shape index (κ3) is 3.49. The van der Waals surface area contributed by atoms with Crippen LogP contribution < -0.4 is 0 Å². The Balaban J connectivity index is 3.10. The number of carbonyl (C=O) groups is 2. The van der Waals surface area contributed by atoms with E-state index in [1.807, 2.05) is 22.6 Å². The van der Waals surface area contributed by atoms with Gasteiger partial charge in [0.15, 0.2) is 6.10 Å². The molecule has 2 N–H and O–H groups in total. The third-order valence-electron chi connectivity index (χ3n) is 2.20. The lowest BCUT2D eigenvalue weighted by atomic mass is 10.0. The van der Waals surface area contributed by atoms with Crippen molar-refractivity contribution in [2.24, 2.45) is 0 Å². The van der Waals surface area contributed by atoms with Crippen LogP contribution in [0.4, 0.5) is 0 Å². The van der Waals surface area contributed by atoms with Crippen LogP contribution in [0.15, 0.2) is 18.2 Å². The Labute approximate surface area is 120 Å². The van der Waals surface area contributed by atoms with Gasteiger partial charge in [0.25, 0.3) is 0 Å². The Morgan fingerprint density at radius 3 is 2.41 bits per heavy atom. The molecule has 2 unspecified atom stereocenters. The van der Waals surface area contributed by atoms with Gasteiger partial charge in [0.1, 0.15) is 5.78 Å². The summed E-state index contributed by atoms with van der Waals surface area (Å²) in [6.45, 7) is 1.47. The Morgan fingerprint density at radius 1 is 1.41 bits per heavy atom. The highest BCUT2D eigenvalue weighted by Crippen LogP contribution is 2.30. The van der Waals surface area contributed by atoms with Crippen LogP contribution in [0, 0.1) is 3.57 Å². The van der Waals surface area contributed by atoms with Crippen molar-refractivity contribution < 1.29 is 19.8 Å². The summed E-state index contributed by atoms with van der Waals surface area (Å²) >= 11 is 5.26. The van der Waals surface area contributed by atoms with Crippen molar-refractivity contribution in [2.45, 2.75) is 17.9 Å². The molecule has 2 atom stereocenters. The van der Waals surface area contributed by atoms with Crippen molar-refractivity contribution in [2.75, 3.05) is 0 Å². The standard InChI is InChI=1S/C11H10BrIO4/c1-5(14)9(12)7-3-2-6(4-8(7)13)10(15)11(16)17/h2-4,9-10,15H,1H3,(H,16,17). The summed E-state index contributed by atoms with van der Waals surface area (Å²) in [7, 11) is 0. The molecule has 0 aliphatic rings. The molecule has 17 heavy (non-hydrogen) atoms. The zero-order valence-electron chi connectivity index (χ0n) is 8.85. The first-order valence-corrected chi connectivity index (χ1v) is 6.68. The van der Waals surface area contributed by atoms with Gasteiger partial charge in [-0.1, -0.05) is 28.1 Å². The zero-order chi connectivity index (χ0) is 13.2. The molecule has 1 rings (SSSR count). The molecule has 0 radical (unpaired) electrons. The maximum atomic E-state index is 11.2. The van der Waals surface area contributed by atoms with E-state index in [1.165, 1.54) is 13.0 Å². The number of carboxylic acid groups (broad SMARTS) is 1. The average molecular weight is 413 g/mol. The zero-order valence-corrected chi connectivity index (χ0v) is 12.6. The minimum atomic E-state index is -1.54. The number of carbonyl (C=O) groups excluding carboxylic acids is 1. The Bertz CT molecular complexity index is 461. The van der Waals surface area contributed by atoms with Crippen LogP contribution in [0.5, 0.6) is 0 Å². The molecule has 0 aliphatic carbocycles. The van der Waals surface area contributed by atoms with Crippen LogP contribution >= 0.6 is 38.5 Å². The van der Waals surface area contributed by atoms with Gasteiger partial charge in [-0.15, -0.1) is 0 Å². The smallest absolute Gasteiger partial charge is 0.337 e. The molecule has 0 fully saturated rings. The van der Waals surface area contributed by atoms with E-state index in [1.54, 1.807) is 12.1 Å². The molecule has 1 aromatic rings. The highest BCUT2D eigenvalue weighted by Gasteiger charge is 2.20. The van der Waals surface area contributed by atoms with Gasteiger partial charge in [0, 0.05) is 3.57 Å². The van der Waals surface area contributed by atoms with Crippen LogP contribution in [0.2, 0.25) is 0 Å². The van der Waals surface area contributed by atoms with E-state index >= 15 is 0 Å². The van der Waals surface area contributed by atoms with Crippen molar-refractivity contribution in [3.63, 3.8) is 0 Å². The van der Waals surface area contributed by atoms with E-state index in [0.717, 1.165) is 9.13 Å². The van der Waals surface area contributed by atoms with E-state index in [-0.39, 0.29) is 5.78 Å². The number of aliphatic hydroxyl groups excluding tert-OH is 1. The first-order chi connectivity index (χ1) is 7.84. The summed E-state index contributed by atoms with van der Waals surface area (Å²) in [6, 6.07) is 4.71. The van der Waals surface area contributed by atoms with Gasteiger partial charge < -0.3 is 10.2 Å². The van der Waals surface area contributed by atoms with Gasteiger partial charge >= 0.3 is 5.97 Å². The molecule has 0 spiro atoms. The molecule has 0 heterocycles. The van der Waals surface area contributed by atoms with Gasteiger partial charge in [-0.3, -0.25) is 4.79 Å². The topological polar surface area (TPSA) is 74.6 Å². The van der Waals surface area contributed by atoms with Crippen LogP contribution in [0.1, 0.15) is 29.0 Å². The summed E-state index contributed by atoms with van der Waals surface area (Å²) in [6.07, 6.45) is -1.54. The molecule has 1 aromatic carbocycles. The summed E-state index contributed by atoms with van der Waals surface area (Å²) in [5.41, 5.74) is 1.06. The molecule has 0 amide bonds. The first kappa shape index (κ1) is 14.6. The molecule has 6 heteroatoms. The van der Waals surface area contributed by atoms with Crippen LogP contribution in [-0.2, 0) is 9.59 Å². The summed E-state index contributed by atoms with van der Waals surface area (Å²) in [5, 5.41) is 18.1. The SMILES string of the molecule is CC(=O)C(Br)c1ccc(C(O)C(=O)O)cc1I. The van der Waals surface area contributed by atoms with Gasteiger partial charge in [0.05, 0.1) is 4.83 Å². The minimum Gasteiger partial charge on any atom is -0.479 e. The summed E-state index contributed by atoms with van der Waals surface area (Å²) < 4.78 is 0.734. The van der Waals surface area contributed by atoms with Gasteiger partial charge in [-0.25, -0.2) is 4.79 Å². The van der Waals surface area contributed by atoms with Crippen molar-refractivity contribution in [1.29, 1.82) is 0 Å². The number of benzene rings is 1. The first-order valence-electron chi connectivity index (χ1n) is 4.69. The van der Waals surface area contributed by atoms with Gasteiger partial charge in [-0.2, -0.15) is 0 Å². The average Bonchev–Trinajstić information content (AvgIpc) is 2.26. The molecule has 92 valence electrons. The predicted molar refractivity (Wildman–Crippen MR) is 74.1 cm³/mol. The molecular weight excluding hydrogens is 403 g/mol. The number of aliphatic carboxylic acids is 1. The largest absolute Gasteiger partial charge is 0.479 e. The fourth-order valence-electron chi connectivity index (χ4n) is 1.28. The number of hydrogen-bond donors (Lipinski definition) is 2. The highest BCUT2D eigenvalue weighted by atomic mass is 127. The molecule has 0 bridgehead atoms. The lowest BCUT2D eigenvalue weighted by Crippen LogP contribution is -2.11. The Kier molecular flexibility index (Phi) is 5.08. The van der Waals surface area contributed by atoms with Crippen molar-refractivity contribution in [3.05, 3.63) is 32.9 Å². The molecular formula is C11H10BrIO4. The minimum absolute atomic E-state index is 0.0329. The highest BCUT2D eigenvalue weighted by molar-refractivity contribution is 14.1. The maximum Gasteiger partial charge on any atom is 0.337 e. The normalized spacial score (nSPS) is 14.1. The Hall–Kier alpha value is -0.470. The van der Waals surface area contributed by atoms with Crippen molar-refractivity contribution >= 4 is 50.3 Å². The third-order valence-corrected chi connectivity index (χ3v) is 4.28. The quantitative estimate of drug-likeness (QED) is 0.588. The molecule has 0 saturated carbocycles. The van der Waals surface area contributed by atoms with Crippen LogP contribution in [0.25, 0.3) is 0 Å². The van der Waals surface area contributed by atoms with Crippen LogP contribution in [0.3, 0.4) is 0 Å². The fourth-order valence-corrected chi connectivity index (χ4v) is 2.96. The number of rotatable bonds is 4. The van der Waals surface area contributed by atoms with Gasteiger partial charge in [-0.05, 0) is 46.7 Å². The number of hydrogen-bond acceptors (Lipinski definition) is 3. The maximum absolute atomic E-state index is 11.2. The predicted octanol–water partition coefficient (Wildman–Crippen LogP) is 2.43.